The molecule has 1 atom stereocenters. The smallest absolute Gasteiger partial charge is 0.133 e. The van der Waals surface area contributed by atoms with Gasteiger partial charge in [-0.15, -0.1) is 0 Å². The first kappa shape index (κ1) is 15.4. The Morgan fingerprint density at radius 1 is 1.15 bits per heavy atom. The summed E-state index contributed by atoms with van der Waals surface area (Å²) in [6, 6.07) is 13.4. The van der Waals surface area contributed by atoms with Gasteiger partial charge in [0.15, 0.2) is 0 Å². The lowest BCUT2D eigenvalue weighted by atomic mass is 10.0. The molecule has 2 aromatic rings. The standard InChI is InChI=1S/C16H16BrClO2/c1-20-16-6-5-12(10-15(16)17)9-14(19)8-11-3-2-4-13(18)7-11/h2-7,10,14,19H,8-9H2,1H3. The third-order valence-electron chi connectivity index (χ3n) is 3.05. The van der Waals surface area contributed by atoms with Crippen LogP contribution in [-0.2, 0) is 12.8 Å². The van der Waals surface area contributed by atoms with Crippen LogP contribution in [0.1, 0.15) is 11.1 Å². The highest BCUT2D eigenvalue weighted by Gasteiger charge is 2.09. The van der Waals surface area contributed by atoms with Crippen molar-refractivity contribution in [3.05, 3.63) is 63.1 Å². The molecule has 0 aliphatic carbocycles. The van der Waals surface area contributed by atoms with E-state index in [0.29, 0.717) is 17.9 Å². The zero-order valence-corrected chi connectivity index (χ0v) is 13.5. The van der Waals surface area contributed by atoms with Gasteiger partial charge in [-0.3, -0.25) is 0 Å². The van der Waals surface area contributed by atoms with Crippen LogP contribution >= 0.6 is 27.5 Å². The molecule has 0 saturated heterocycles. The van der Waals surface area contributed by atoms with Crippen molar-refractivity contribution >= 4 is 27.5 Å². The first-order valence-corrected chi connectivity index (χ1v) is 7.50. The van der Waals surface area contributed by atoms with E-state index in [2.05, 4.69) is 15.9 Å². The maximum Gasteiger partial charge on any atom is 0.133 e. The fraction of sp³-hybridized carbons (Fsp3) is 0.250. The number of rotatable bonds is 5. The number of hydrogen-bond acceptors (Lipinski definition) is 2. The molecule has 0 aliphatic rings. The molecule has 20 heavy (non-hydrogen) atoms. The molecule has 0 bridgehead atoms. The van der Waals surface area contributed by atoms with E-state index in [-0.39, 0.29) is 0 Å². The zero-order valence-electron chi connectivity index (χ0n) is 11.1. The van der Waals surface area contributed by atoms with Gasteiger partial charge >= 0.3 is 0 Å². The molecule has 0 fully saturated rings. The van der Waals surface area contributed by atoms with Gasteiger partial charge < -0.3 is 9.84 Å². The highest BCUT2D eigenvalue weighted by molar-refractivity contribution is 9.10. The Labute approximate surface area is 132 Å². The van der Waals surface area contributed by atoms with E-state index in [0.717, 1.165) is 21.3 Å². The molecule has 0 saturated carbocycles. The molecule has 1 unspecified atom stereocenters. The van der Waals surface area contributed by atoms with Crippen molar-refractivity contribution in [3.63, 3.8) is 0 Å². The van der Waals surface area contributed by atoms with Crippen LogP contribution in [0.5, 0.6) is 5.75 Å². The molecular weight excluding hydrogens is 340 g/mol. The summed E-state index contributed by atoms with van der Waals surface area (Å²) < 4.78 is 6.09. The minimum Gasteiger partial charge on any atom is -0.496 e. The number of ether oxygens (including phenoxy) is 1. The highest BCUT2D eigenvalue weighted by Crippen LogP contribution is 2.26. The van der Waals surface area contributed by atoms with Crippen LogP contribution in [0.2, 0.25) is 5.02 Å². The maximum atomic E-state index is 10.2. The van der Waals surface area contributed by atoms with Crippen molar-refractivity contribution in [3.8, 4) is 5.75 Å². The SMILES string of the molecule is COc1ccc(CC(O)Cc2cccc(Cl)c2)cc1Br. The summed E-state index contributed by atoms with van der Waals surface area (Å²) in [5.41, 5.74) is 2.10. The minimum absolute atomic E-state index is 0.436. The first-order chi connectivity index (χ1) is 9.58. The zero-order chi connectivity index (χ0) is 14.5. The molecule has 0 aliphatic heterocycles. The fourth-order valence-electron chi connectivity index (χ4n) is 2.12. The Hall–Kier alpha value is -1.03. The van der Waals surface area contributed by atoms with Crippen molar-refractivity contribution in [2.75, 3.05) is 7.11 Å². The van der Waals surface area contributed by atoms with Crippen LogP contribution in [0.15, 0.2) is 46.9 Å². The summed E-state index contributed by atoms with van der Waals surface area (Å²) >= 11 is 9.39. The number of aliphatic hydroxyl groups is 1. The van der Waals surface area contributed by atoms with Gasteiger partial charge in [-0.25, -0.2) is 0 Å². The minimum atomic E-state index is -0.436. The number of hydrogen-bond donors (Lipinski definition) is 1. The van der Waals surface area contributed by atoms with E-state index in [4.69, 9.17) is 16.3 Å². The van der Waals surface area contributed by atoms with Crippen LogP contribution in [0.25, 0.3) is 0 Å². The van der Waals surface area contributed by atoms with Crippen LogP contribution in [-0.4, -0.2) is 18.3 Å². The Balaban J connectivity index is 2.01. The summed E-state index contributed by atoms with van der Waals surface area (Å²) in [5.74, 6) is 0.790. The van der Waals surface area contributed by atoms with E-state index in [9.17, 15) is 5.11 Å². The number of aliphatic hydroxyl groups excluding tert-OH is 1. The molecule has 0 aromatic heterocycles. The van der Waals surface area contributed by atoms with Crippen molar-refractivity contribution < 1.29 is 9.84 Å². The van der Waals surface area contributed by atoms with Gasteiger partial charge in [0.05, 0.1) is 17.7 Å². The van der Waals surface area contributed by atoms with Gasteiger partial charge in [-0.1, -0.05) is 29.8 Å². The maximum absolute atomic E-state index is 10.2. The largest absolute Gasteiger partial charge is 0.496 e. The van der Waals surface area contributed by atoms with Crippen molar-refractivity contribution in [2.45, 2.75) is 18.9 Å². The third kappa shape index (κ3) is 4.23. The Kier molecular flexibility index (Phi) is 5.46. The molecule has 0 heterocycles. The predicted octanol–water partition coefficient (Wildman–Crippen LogP) is 4.26. The van der Waals surface area contributed by atoms with Gasteiger partial charge in [0, 0.05) is 5.02 Å². The molecule has 1 N–H and O–H groups in total. The summed E-state index contributed by atoms with van der Waals surface area (Å²) in [6.45, 7) is 0. The molecule has 0 amide bonds. The predicted molar refractivity (Wildman–Crippen MR) is 85.6 cm³/mol. The summed E-state index contributed by atoms with van der Waals surface area (Å²) in [5, 5.41) is 10.9. The summed E-state index contributed by atoms with van der Waals surface area (Å²) in [4.78, 5) is 0. The second-order valence-corrected chi connectivity index (χ2v) is 5.95. The van der Waals surface area contributed by atoms with Crippen molar-refractivity contribution in [1.29, 1.82) is 0 Å². The number of methoxy groups -OCH3 is 1. The Bertz CT molecular complexity index is 586. The lowest BCUT2D eigenvalue weighted by Crippen LogP contribution is -2.13. The lowest BCUT2D eigenvalue weighted by Gasteiger charge is -2.12. The second kappa shape index (κ2) is 7.11. The van der Waals surface area contributed by atoms with E-state index < -0.39 is 6.10 Å². The molecule has 2 nitrogen and oxygen atoms in total. The topological polar surface area (TPSA) is 29.5 Å². The first-order valence-electron chi connectivity index (χ1n) is 6.33. The number of halogens is 2. The third-order valence-corrected chi connectivity index (χ3v) is 3.90. The van der Waals surface area contributed by atoms with Gasteiger partial charge in [-0.2, -0.15) is 0 Å². The fourth-order valence-corrected chi connectivity index (χ4v) is 2.92. The van der Waals surface area contributed by atoms with E-state index in [1.807, 2.05) is 42.5 Å². The van der Waals surface area contributed by atoms with Gasteiger partial charge in [0.1, 0.15) is 5.75 Å². The highest BCUT2D eigenvalue weighted by atomic mass is 79.9. The average Bonchev–Trinajstić information content (AvgIpc) is 2.38. The summed E-state index contributed by atoms with van der Waals surface area (Å²) in [7, 11) is 1.63. The molecule has 0 spiro atoms. The monoisotopic (exact) mass is 354 g/mol. The second-order valence-electron chi connectivity index (χ2n) is 4.66. The Morgan fingerprint density at radius 2 is 1.85 bits per heavy atom. The molecule has 4 heteroatoms. The molecule has 2 aromatic carbocycles. The molecule has 106 valence electrons. The molecule has 0 radical (unpaired) electrons. The van der Waals surface area contributed by atoms with Crippen LogP contribution < -0.4 is 4.74 Å². The normalized spacial score (nSPS) is 12.2. The Morgan fingerprint density at radius 3 is 2.45 bits per heavy atom. The van der Waals surface area contributed by atoms with E-state index >= 15 is 0 Å². The van der Waals surface area contributed by atoms with Crippen molar-refractivity contribution in [2.24, 2.45) is 0 Å². The number of benzene rings is 2. The van der Waals surface area contributed by atoms with Gasteiger partial charge in [0.2, 0.25) is 0 Å². The van der Waals surface area contributed by atoms with E-state index in [1.165, 1.54) is 0 Å². The van der Waals surface area contributed by atoms with Crippen molar-refractivity contribution in [1.82, 2.24) is 0 Å². The lowest BCUT2D eigenvalue weighted by molar-refractivity contribution is 0.175. The average molecular weight is 356 g/mol. The summed E-state index contributed by atoms with van der Waals surface area (Å²) in [6.07, 6.45) is 0.744. The van der Waals surface area contributed by atoms with Gasteiger partial charge in [-0.05, 0) is 64.2 Å². The van der Waals surface area contributed by atoms with E-state index in [1.54, 1.807) is 7.11 Å². The molecular formula is C16H16BrClO2. The van der Waals surface area contributed by atoms with Crippen LogP contribution in [0, 0.1) is 0 Å². The van der Waals surface area contributed by atoms with Crippen LogP contribution in [0.3, 0.4) is 0 Å². The van der Waals surface area contributed by atoms with Crippen LogP contribution in [0.4, 0.5) is 0 Å². The molecule has 2 rings (SSSR count). The van der Waals surface area contributed by atoms with Gasteiger partial charge in [0.25, 0.3) is 0 Å². The quantitative estimate of drug-likeness (QED) is 0.868.